The minimum absolute atomic E-state index is 0.165. The van der Waals surface area contributed by atoms with Gasteiger partial charge in [0.15, 0.2) is 11.5 Å². The molecule has 5 rings (SSSR count). The summed E-state index contributed by atoms with van der Waals surface area (Å²) in [4.78, 5) is 39.5. The summed E-state index contributed by atoms with van der Waals surface area (Å²) in [5, 5.41) is 1.78. The van der Waals surface area contributed by atoms with Crippen molar-refractivity contribution in [2.45, 2.75) is 6.54 Å². The fraction of sp³-hybridized carbons (Fsp3) is 0.0690. The van der Waals surface area contributed by atoms with Crippen LogP contribution in [0.1, 0.15) is 21.5 Å². The first-order valence-electron chi connectivity index (χ1n) is 11.3. The molecule has 0 atom stereocenters. The van der Waals surface area contributed by atoms with Gasteiger partial charge >= 0.3 is 5.97 Å². The van der Waals surface area contributed by atoms with E-state index in [1.807, 2.05) is 42.5 Å². The molecule has 0 aromatic heterocycles. The summed E-state index contributed by atoms with van der Waals surface area (Å²) in [7, 11) is 1.42. The number of imide groups is 1. The molecule has 184 valence electrons. The molecule has 8 heteroatoms. The summed E-state index contributed by atoms with van der Waals surface area (Å²) in [6.45, 7) is 0.175. The Bertz CT molecular complexity index is 1560. The Balaban J connectivity index is 1.32. The number of fused-ring (bicyclic) bond motifs is 1. The lowest BCUT2D eigenvalue weighted by Gasteiger charge is -2.13. The molecule has 0 saturated carbocycles. The summed E-state index contributed by atoms with van der Waals surface area (Å²) >= 11 is 0.868. The van der Waals surface area contributed by atoms with E-state index in [4.69, 9.17) is 9.47 Å². The topological polar surface area (TPSA) is 72.9 Å². The third-order valence-electron chi connectivity index (χ3n) is 5.80. The van der Waals surface area contributed by atoms with Gasteiger partial charge in [-0.2, -0.15) is 0 Å². The number of ether oxygens (including phenoxy) is 2. The van der Waals surface area contributed by atoms with Gasteiger partial charge in [0.05, 0.1) is 24.1 Å². The number of amides is 2. The van der Waals surface area contributed by atoms with Gasteiger partial charge in [0.1, 0.15) is 5.82 Å². The molecule has 4 aromatic carbocycles. The van der Waals surface area contributed by atoms with Gasteiger partial charge in [0, 0.05) is 0 Å². The van der Waals surface area contributed by atoms with Crippen molar-refractivity contribution in [3.05, 3.63) is 112 Å². The van der Waals surface area contributed by atoms with E-state index in [-0.39, 0.29) is 39.7 Å². The van der Waals surface area contributed by atoms with E-state index in [1.54, 1.807) is 18.2 Å². The number of methoxy groups -OCH3 is 1. The lowest BCUT2D eigenvalue weighted by atomic mass is 10.1. The van der Waals surface area contributed by atoms with E-state index in [0.29, 0.717) is 5.56 Å². The van der Waals surface area contributed by atoms with Gasteiger partial charge in [0.2, 0.25) is 0 Å². The van der Waals surface area contributed by atoms with Crippen molar-refractivity contribution in [3.8, 4) is 11.5 Å². The van der Waals surface area contributed by atoms with E-state index in [1.165, 1.54) is 42.3 Å². The van der Waals surface area contributed by atoms with Crippen LogP contribution in [0.4, 0.5) is 9.18 Å². The molecule has 0 spiro atoms. The van der Waals surface area contributed by atoms with Gasteiger partial charge in [0.25, 0.3) is 11.1 Å². The lowest BCUT2D eigenvalue weighted by Crippen LogP contribution is -2.27. The molecule has 1 heterocycles. The number of esters is 1. The van der Waals surface area contributed by atoms with Gasteiger partial charge in [-0.05, 0) is 82.2 Å². The highest BCUT2D eigenvalue weighted by atomic mass is 32.2. The molecule has 0 bridgehead atoms. The molecule has 6 nitrogen and oxygen atoms in total. The normalized spacial score (nSPS) is 14.4. The third kappa shape index (κ3) is 5.24. The molecule has 2 amide bonds. The SMILES string of the molecule is COc1cc(/C=C2\SC(=O)N(Cc3ccc4ccccc4c3)C2=O)ccc1OC(=O)c1ccc(F)cc1. The second kappa shape index (κ2) is 10.3. The zero-order chi connectivity index (χ0) is 25.9. The van der Waals surface area contributed by atoms with Crippen molar-refractivity contribution < 1.29 is 28.2 Å². The Morgan fingerprint density at radius 2 is 1.68 bits per heavy atom. The van der Waals surface area contributed by atoms with Crippen LogP contribution >= 0.6 is 11.8 Å². The first-order valence-corrected chi connectivity index (χ1v) is 12.1. The molecule has 1 aliphatic rings. The Morgan fingerprint density at radius 1 is 0.919 bits per heavy atom. The molecule has 4 aromatic rings. The van der Waals surface area contributed by atoms with Gasteiger partial charge in [-0.15, -0.1) is 0 Å². The Hall–Kier alpha value is -4.43. The van der Waals surface area contributed by atoms with Crippen LogP contribution in [0.25, 0.3) is 16.8 Å². The Kier molecular flexibility index (Phi) is 6.74. The van der Waals surface area contributed by atoms with E-state index in [0.717, 1.165) is 28.1 Å². The predicted octanol–water partition coefficient (Wildman–Crippen LogP) is 6.44. The van der Waals surface area contributed by atoms with Crippen LogP contribution < -0.4 is 9.47 Å². The highest BCUT2D eigenvalue weighted by molar-refractivity contribution is 8.18. The van der Waals surface area contributed by atoms with Crippen LogP contribution in [0.3, 0.4) is 0 Å². The third-order valence-corrected chi connectivity index (χ3v) is 6.70. The Morgan fingerprint density at radius 3 is 2.43 bits per heavy atom. The number of hydrogen-bond donors (Lipinski definition) is 0. The zero-order valence-corrected chi connectivity index (χ0v) is 20.5. The summed E-state index contributed by atoms with van der Waals surface area (Å²) in [6.07, 6.45) is 1.60. The zero-order valence-electron chi connectivity index (χ0n) is 19.6. The quantitative estimate of drug-likeness (QED) is 0.168. The maximum Gasteiger partial charge on any atom is 0.343 e. The first-order chi connectivity index (χ1) is 17.9. The fourth-order valence-corrected chi connectivity index (χ4v) is 4.75. The smallest absolute Gasteiger partial charge is 0.343 e. The van der Waals surface area contributed by atoms with Gasteiger partial charge in [-0.25, -0.2) is 9.18 Å². The summed E-state index contributed by atoms with van der Waals surface area (Å²) in [6, 6.07) is 23.5. The minimum atomic E-state index is -0.666. The van der Waals surface area contributed by atoms with Crippen LogP contribution in [-0.4, -0.2) is 29.1 Å². The second-order valence-corrected chi connectivity index (χ2v) is 9.25. The fourth-order valence-electron chi connectivity index (χ4n) is 3.91. The van der Waals surface area contributed by atoms with Crippen LogP contribution in [0.5, 0.6) is 11.5 Å². The molecule has 37 heavy (non-hydrogen) atoms. The number of hydrogen-bond acceptors (Lipinski definition) is 6. The number of benzene rings is 4. The number of thioether (sulfide) groups is 1. The monoisotopic (exact) mass is 513 g/mol. The Labute approximate surface area is 216 Å². The van der Waals surface area contributed by atoms with E-state index < -0.39 is 11.8 Å². The van der Waals surface area contributed by atoms with Crippen LogP contribution in [0, 0.1) is 5.82 Å². The molecular formula is C29H20FNO5S. The van der Waals surface area contributed by atoms with Crippen LogP contribution in [0.2, 0.25) is 0 Å². The summed E-state index contributed by atoms with van der Waals surface area (Å²) in [5.41, 5.74) is 1.64. The van der Waals surface area contributed by atoms with Crippen LogP contribution in [0.15, 0.2) is 89.8 Å². The minimum Gasteiger partial charge on any atom is -0.493 e. The van der Waals surface area contributed by atoms with Crippen molar-refractivity contribution in [1.29, 1.82) is 0 Å². The van der Waals surface area contributed by atoms with E-state index >= 15 is 0 Å². The largest absolute Gasteiger partial charge is 0.493 e. The van der Waals surface area contributed by atoms with Crippen molar-refractivity contribution in [2.75, 3.05) is 7.11 Å². The number of nitrogens with zero attached hydrogens (tertiary/aromatic N) is 1. The van der Waals surface area contributed by atoms with E-state index in [9.17, 15) is 18.8 Å². The molecule has 0 N–H and O–H groups in total. The number of carbonyl (C=O) groups is 3. The molecule has 0 radical (unpaired) electrons. The molecule has 0 unspecified atom stereocenters. The summed E-state index contributed by atoms with van der Waals surface area (Å²) in [5.74, 6) is -1.08. The van der Waals surface area contributed by atoms with Crippen molar-refractivity contribution in [1.82, 2.24) is 4.90 Å². The average molecular weight is 514 g/mol. The molecular weight excluding hydrogens is 493 g/mol. The standard InChI is InChI=1S/C29H20FNO5S/c1-35-25-15-18(7-13-24(25)36-28(33)21-9-11-23(30)12-10-21)16-26-27(32)31(29(34)37-26)17-19-6-8-20-4-2-3-5-22(20)14-19/h2-16H,17H2,1H3/b26-16-. The number of carbonyl (C=O) groups excluding carboxylic acids is 3. The molecule has 1 saturated heterocycles. The second-order valence-electron chi connectivity index (χ2n) is 8.26. The van der Waals surface area contributed by atoms with Crippen LogP contribution in [-0.2, 0) is 11.3 Å². The van der Waals surface area contributed by atoms with E-state index in [2.05, 4.69) is 0 Å². The van der Waals surface area contributed by atoms with Gasteiger partial charge < -0.3 is 9.47 Å². The highest BCUT2D eigenvalue weighted by Crippen LogP contribution is 2.35. The van der Waals surface area contributed by atoms with Gasteiger partial charge in [-0.1, -0.05) is 42.5 Å². The number of rotatable bonds is 6. The van der Waals surface area contributed by atoms with Crippen molar-refractivity contribution in [2.24, 2.45) is 0 Å². The van der Waals surface area contributed by atoms with Gasteiger partial charge in [-0.3, -0.25) is 14.5 Å². The molecule has 0 aliphatic carbocycles. The average Bonchev–Trinajstić information content (AvgIpc) is 3.17. The maximum atomic E-state index is 13.1. The maximum absolute atomic E-state index is 13.1. The number of halogens is 1. The van der Waals surface area contributed by atoms with Crippen molar-refractivity contribution >= 4 is 45.7 Å². The first kappa shape index (κ1) is 24.3. The summed E-state index contributed by atoms with van der Waals surface area (Å²) < 4.78 is 23.9. The predicted molar refractivity (Wildman–Crippen MR) is 140 cm³/mol. The molecule has 1 fully saturated rings. The molecule has 1 aliphatic heterocycles. The van der Waals surface area contributed by atoms with Crippen molar-refractivity contribution in [3.63, 3.8) is 0 Å². The highest BCUT2D eigenvalue weighted by Gasteiger charge is 2.35. The lowest BCUT2D eigenvalue weighted by molar-refractivity contribution is -0.123.